The van der Waals surface area contributed by atoms with E-state index in [2.05, 4.69) is 81.7 Å². The topological polar surface area (TPSA) is 54.2 Å². The summed E-state index contributed by atoms with van der Waals surface area (Å²) in [6, 6.07) is 8.42. The first-order valence-electron chi connectivity index (χ1n) is 8.60. The number of thioether (sulfide) groups is 1. The second-order valence-corrected chi connectivity index (χ2v) is 9.56. The Bertz CT molecular complexity index is 765. The Labute approximate surface area is 169 Å². The van der Waals surface area contributed by atoms with E-state index in [1.54, 1.807) is 7.05 Å². The van der Waals surface area contributed by atoms with Crippen molar-refractivity contribution in [2.75, 3.05) is 13.6 Å². The van der Waals surface area contributed by atoms with Crippen molar-refractivity contribution in [3.05, 3.63) is 45.7 Å². The van der Waals surface area contributed by atoms with Gasteiger partial charge in [0.25, 0.3) is 0 Å². The number of aromatic nitrogens is 2. The molecule has 0 aliphatic carbocycles. The Hall–Kier alpha value is -1.47. The van der Waals surface area contributed by atoms with Gasteiger partial charge >= 0.3 is 0 Å². The van der Waals surface area contributed by atoms with Crippen LogP contribution in [-0.2, 0) is 13.6 Å². The Morgan fingerprint density at radius 1 is 1.23 bits per heavy atom. The summed E-state index contributed by atoms with van der Waals surface area (Å²) in [6.45, 7) is 10.1. The highest BCUT2D eigenvalue weighted by Gasteiger charge is 2.20. The molecule has 2 N–H and O–H groups in total. The molecule has 0 aliphatic rings. The molecule has 0 fully saturated rings. The average molecular weight is 438 g/mol. The fourth-order valence-corrected chi connectivity index (χ4v) is 3.94. The second-order valence-electron chi connectivity index (χ2n) is 6.87. The van der Waals surface area contributed by atoms with Crippen molar-refractivity contribution in [2.45, 2.75) is 43.9 Å². The van der Waals surface area contributed by atoms with Gasteiger partial charge in [0, 0.05) is 52.6 Å². The van der Waals surface area contributed by atoms with Gasteiger partial charge in [-0.05, 0) is 52.0 Å². The van der Waals surface area contributed by atoms with E-state index >= 15 is 0 Å². The monoisotopic (exact) mass is 437 g/mol. The van der Waals surface area contributed by atoms with Crippen LogP contribution in [0.4, 0.5) is 0 Å². The van der Waals surface area contributed by atoms with Gasteiger partial charge in [-0.2, -0.15) is 5.10 Å². The van der Waals surface area contributed by atoms with Crippen molar-refractivity contribution in [1.29, 1.82) is 0 Å². The minimum atomic E-state index is 0.0333. The van der Waals surface area contributed by atoms with Gasteiger partial charge in [0.1, 0.15) is 0 Å². The van der Waals surface area contributed by atoms with Crippen LogP contribution < -0.4 is 10.6 Å². The molecule has 0 saturated heterocycles. The number of benzene rings is 1. The van der Waals surface area contributed by atoms with Crippen molar-refractivity contribution in [3.8, 4) is 0 Å². The maximum atomic E-state index is 4.46. The summed E-state index contributed by atoms with van der Waals surface area (Å²) in [6.07, 6.45) is 0. The normalized spacial score (nSPS) is 12.3. The van der Waals surface area contributed by atoms with Crippen LogP contribution >= 0.6 is 27.7 Å². The number of guanidine groups is 1. The molecule has 0 atom stereocenters. The van der Waals surface area contributed by atoms with Gasteiger partial charge in [-0.15, -0.1) is 11.8 Å². The van der Waals surface area contributed by atoms with Crippen molar-refractivity contribution < 1.29 is 0 Å². The predicted octanol–water partition coefficient (Wildman–Crippen LogP) is 4.04. The lowest BCUT2D eigenvalue weighted by Crippen LogP contribution is -2.43. The van der Waals surface area contributed by atoms with Crippen LogP contribution in [0.2, 0.25) is 0 Å². The van der Waals surface area contributed by atoms with E-state index in [0.717, 1.165) is 22.7 Å². The molecular formula is C19H28BrN5S. The summed E-state index contributed by atoms with van der Waals surface area (Å²) in [5.74, 6) is 0.803. The molecule has 1 heterocycles. The maximum Gasteiger partial charge on any atom is 0.191 e. The zero-order valence-corrected chi connectivity index (χ0v) is 18.8. The Morgan fingerprint density at radius 2 is 1.88 bits per heavy atom. The van der Waals surface area contributed by atoms with Gasteiger partial charge in [-0.3, -0.25) is 9.67 Å². The third kappa shape index (κ3) is 5.77. The van der Waals surface area contributed by atoms with Crippen LogP contribution in [0.3, 0.4) is 0 Å². The highest BCUT2D eigenvalue weighted by molar-refractivity contribution is 9.10. The molecule has 26 heavy (non-hydrogen) atoms. The molecule has 0 spiro atoms. The van der Waals surface area contributed by atoms with Crippen LogP contribution in [0.25, 0.3) is 0 Å². The van der Waals surface area contributed by atoms with Crippen LogP contribution in [0.15, 0.2) is 38.6 Å². The van der Waals surface area contributed by atoms with Gasteiger partial charge in [0.15, 0.2) is 5.96 Å². The van der Waals surface area contributed by atoms with Crippen LogP contribution in [-0.4, -0.2) is 34.1 Å². The Morgan fingerprint density at radius 3 is 2.42 bits per heavy atom. The van der Waals surface area contributed by atoms with Crippen LogP contribution in [0.1, 0.15) is 30.8 Å². The van der Waals surface area contributed by atoms with E-state index in [-0.39, 0.29) is 4.75 Å². The molecule has 5 nitrogen and oxygen atoms in total. The summed E-state index contributed by atoms with van der Waals surface area (Å²) in [5.41, 5.74) is 3.45. The molecule has 0 amide bonds. The summed E-state index contributed by atoms with van der Waals surface area (Å²) >= 11 is 5.33. The van der Waals surface area contributed by atoms with Crippen molar-refractivity contribution >= 4 is 33.7 Å². The molecule has 0 saturated carbocycles. The minimum absolute atomic E-state index is 0.0333. The van der Waals surface area contributed by atoms with Crippen LogP contribution in [0, 0.1) is 13.8 Å². The Balaban J connectivity index is 1.90. The lowest BCUT2D eigenvalue weighted by molar-refractivity contribution is 0.662. The SMILES string of the molecule is CN=C(NCc1c(C)nn(C)c1C)NCC(C)(C)Sc1ccc(Br)cc1. The standard InChI is InChI=1S/C19H28BrN5S/c1-13-17(14(2)25(6)24-13)11-22-18(21-5)23-12-19(3,4)26-16-9-7-15(20)8-10-16/h7-10H,11-12H2,1-6H3,(H2,21,22,23). The molecule has 0 aliphatic heterocycles. The molecule has 0 unspecified atom stereocenters. The first-order valence-corrected chi connectivity index (χ1v) is 10.2. The quantitative estimate of drug-likeness (QED) is 0.406. The van der Waals surface area contributed by atoms with Gasteiger partial charge in [-0.25, -0.2) is 0 Å². The molecule has 0 radical (unpaired) electrons. The zero-order chi connectivity index (χ0) is 19.3. The molecule has 0 bridgehead atoms. The smallest absolute Gasteiger partial charge is 0.191 e. The van der Waals surface area contributed by atoms with Gasteiger partial charge in [0.2, 0.25) is 0 Å². The number of hydrogen-bond acceptors (Lipinski definition) is 3. The molecular weight excluding hydrogens is 410 g/mol. The van der Waals surface area contributed by atoms with Crippen molar-refractivity contribution in [2.24, 2.45) is 12.0 Å². The van der Waals surface area contributed by atoms with E-state index in [1.807, 2.05) is 30.4 Å². The number of halogens is 1. The fraction of sp³-hybridized carbons (Fsp3) is 0.474. The highest BCUT2D eigenvalue weighted by atomic mass is 79.9. The molecule has 1 aromatic heterocycles. The van der Waals surface area contributed by atoms with E-state index in [1.165, 1.54) is 16.2 Å². The van der Waals surface area contributed by atoms with Crippen LogP contribution in [0.5, 0.6) is 0 Å². The number of aliphatic imine (C=N–C) groups is 1. The van der Waals surface area contributed by atoms with Gasteiger partial charge in [-0.1, -0.05) is 15.9 Å². The zero-order valence-electron chi connectivity index (χ0n) is 16.4. The number of rotatable bonds is 6. The van der Waals surface area contributed by atoms with Crippen molar-refractivity contribution in [1.82, 2.24) is 20.4 Å². The maximum absolute atomic E-state index is 4.46. The number of nitrogens with zero attached hydrogens (tertiary/aromatic N) is 3. The third-order valence-corrected chi connectivity index (χ3v) is 5.94. The first-order chi connectivity index (χ1) is 12.2. The number of hydrogen-bond donors (Lipinski definition) is 2. The Kier molecular flexibility index (Phi) is 7.17. The summed E-state index contributed by atoms with van der Waals surface area (Å²) in [5, 5.41) is 11.3. The summed E-state index contributed by atoms with van der Waals surface area (Å²) in [4.78, 5) is 5.60. The molecule has 2 rings (SSSR count). The first kappa shape index (κ1) is 20.8. The number of aryl methyl sites for hydroxylation is 2. The van der Waals surface area contributed by atoms with E-state index in [0.29, 0.717) is 6.54 Å². The third-order valence-electron chi connectivity index (χ3n) is 4.20. The highest BCUT2D eigenvalue weighted by Crippen LogP contribution is 2.32. The molecule has 2 aromatic rings. The fourth-order valence-electron chi connectivity index (χ4n) is 2.62. The van der Waals surface area contributed by atoms with E-state index in [9.17, 15) is 0 Å². The predicted molar refractivity (Wildman–Crippen MR) is 115 cm³/mol. The molecule has 142 valence electrons. The van der Waals surface area contributed by atoms with E-state index in [4.69, 9.17) is 0 Å². The van der Waals surface area contributed by atoms with E-state index < -0.39 is 0 Å². The molecule has 1 aromatic carbocycles. The average Bonchev–Trinajstić information content (AvgIpc) is 2.82. The minimum Gasteiger partial charge on any atom is -0.355 e. The van der Waals surface area contributed by atoms with Gasteiger partial charge < -0.3 is 10.6 Å². The lowest BCUT2D eigenvalue weighted by atomic mass is 10.2. The largest absolute Gasteiger partial charge is 0.355 e. The summed E-state index contributed by atoms with van der Waals surface area (Å²) < 4.78 is 3.05. The molecule has 7 heteroatoms. The second kappa shape index (κ2) is 8.95. The van der Waals surface area contributed by atoms with Crippen molar-refractivity contribution in [3.63, 3.8) is 0 Å². The number of nitrogens with one attached hydrogen (secondary N) is 2. The van der Waals surface area contributed by atoms with Gasteiger partial charge in [0.05, 0.1) is 5.69 Å². The lowest BCUT2D eigenvalue weighted by Gasteiger charge is -2.25. The summed E-state index contributed by atoms with van der Waals surface area (Å²) in [7, 11) is 3.77.